The summed E-state index contributed by atoms with van der Waals surface area (Å²) in [6, 6.07) is 0. The minimum Gasteiger partial charge on any atom is -0.462 e. The third kappa shape index (κ3) is 66.5. The van der Waals surface area contributed by atoms with Crippen molar-refractivity contribution in [2.24, 2.45) is 17.8 Å². The zero-order valence-electron chi connectivity index (χ0n) is 59.3. The maximum atomic E-state index is 13.0. The molecule has 3 N–H and O–H groups in total. The molecule has 0 aromatic heterocycles. The van der Waals surface area contributed by atoms with Gasteiger partial charge in [-0.2, -0.15) is 0 Å². The third-order valence-corrected chi connectivity index (χ3v) is 18.5. The maximum absolute atomic E-state index is 13.0. The standard InChI is InChI=1S/C72H140O17P2/c1-8-9-10-11-12-13-18-26-33-41-48-55-71(76)89-68(60-83-70(75)54-47-40-35-28-31-38-45-52-65(6)7)62-87-91(80,81)85-58-66(73)57-84-90(78,79)86-61-67(59-82-69(74)53-46-39-32-25-22-21-24-30-37-44-51-64(4)5)88-72(77)56-49-42-34-27-20-17-15-14-16-19-23-29-36-43-50-63(2)3/h63-68,73H,8-62H2,1-7H3,(H,78,79)(H,80,81)/t66-,67-,68-/m1/s1. The van der Waals surface area contributed by atoms with Gasteiger partial charge in [0.25, 0.3) is 0 Å². The fourth-order valence-corrected chi connectivity index (χ4v) is 12.5. The highest BCUT2D eigenvalue weighted by molar-refractivity contribution is 7.47. The second-order valence-corrected chi connectivity index (χ2v) is 30.3. The molecule has 0 saturated heterocycles. The number of carbonyl (C=O) groups excluding carboxylic acids is 4. The van der Waals surface area contributed by atoms with Crippen LogP contribution in [0.3, 0.4) is 0 Å². The molecule has 17 nitrogen and oxygen atoms in total. The molecule has 0 heterocycles. The van der Waals surface area contributed by atoms with Gasteiger partial charge in [-0.3, -0.25) is 37.3 Å². The Bertz CT molecular complexity index is 1780. The van der Waals surface area contributed by atoms with Crippen molar-refractivity contribution in [3.63, 3.8) is 0 Å². The Hall–Kier alpha value is -1.94. The predicted molar refractivity (Wildman–Crippen MR) is 368 cm³/mol. The van der Waals surface area contributed by atoms with Crippen molar-refractivity contribution in [2.75, 3.05) is 39.6 Å². The van der Waals surface area contributed by atoms with Crippen molar-refractivity contribution >= 4 is 39.5 Å². The number of hydrogen-bond acceptors (Lipinski definition) is 15. The van der Waals surface area contributed by atoms with Crippen LogP contribution in [-0.2, 0) is 65.4 Å². The van der Waals surface area contributed by atoms with E-state index >= 15 is 0 Å². The van der Waals surface area contributed by atoms with E-state index in [4.69, 9.17) is 37.0 Å². The molecular weight excluding hydrogens is 1200 g/mol. The third-order valence-electron chi connectivity index (χ3n) is 16.6. The van der Waals surface area contributed by atoms with E-state index < -0.39 is 97.5 Å². The number of aliphatic hydroxyl groups excluding tert-OH is 1. The second-order valence-electron chi connectivity index (χ2n) is 27.4. The molecule has 2 unspecified atom stereocenters. The van der Waals surface area contributed by atoms with Crippen LogP contribution in [0.2, 0.25) is 0 Å². The summed E-state index contributed by atoms with van der Waals surface area (Å²) >= 11 is 0. The number of rotatable bonds is 70. The van der Waals surface area contributed by atoms with Crippen LogP contribution >= 0.6 is 15.6 Å². The van der Waals surface area contributed by atoms with Gasteiger partial charge in [0.1, 0.15) is 19.3 Å². The molecule has 0 rings (SSSR count). The van der Waals surface area contributed by atoms with Crippen molar-refractivity contribution in [3.05, 3.63) is 0 Å². The van der Waals surface area contributed by atoms with Crippen LogP contribution in [0.5, 0.6) is 0 Å². The van der Waals surface area contributed by atoms with Crippen molar-refractivity contribution in [3.8, 4) is 0 Å². The number of ether oxygens (including phenoxy) is 4. The highest BCUT2D eigenvalue weighted by Crippen LogP contribution is 2.45. The Kier molecular flexibility index (Phi) is 61.5. The first-order valence-electron chi connectivity index (χ1n) is 37.3. The van der Waals surface area contributed by atoms with E-state index in [9.17, 15) is 43.2 Å². The molecule has 5 atom stereocenters. The van der Waals surface area contributed by atoms with Crippen LogP contribution in [0.25, 0.3) is 0 Å². The average Bonchev–Trinajstić information content (AvgIpc) is 2.96. The molecule has 0 bridgehead atoms. The van der Waals surface area contributed by atoms with Crippen molar-refractivity contribution in [2.45, 2.75) is 381 Å². The molecule has 19 heteroatoms. The Labute approximate surface area is 556 Å². The van der Waals surface area contributed by atoms with Crippen molar-refractivity contribution in [1.82, 2.24) is 0 Å². The van der Waals surface area contributed by atoms with E-state index in [0.29, 0.717) is 31.6 Å². The van der Waals surface area contributed by atoms with Gasteiger partial charge in [0.05, 0.1) is 26.4 Å². The number of phosphoric ester groups is 2. The topological polar surface area (TPSA) is 237 Å². The van der Waals surface area contributed by atoms with E-state index in [1.165, 1.54) is 167 Å². The van der Waals surface area contributed by atoms with Crippen molar-refractivity contribution in [1.29, 1.82) is 0 Å². The van der Waals surface area contributed by atoms with E-state index in [-0.39, 0.29) is 25.7 Å². The first-order chi connectivity index (χ1) is 43.7. The zero-order valence-corrected chi connectivity index (χ0v) is 61.1. The molecule has 0 amide bonds. The molecule has 0 aliphatic rings. The average molecular weight is 1340 g/mol. The number of aliphatic hydroxyl groups is 1. The molecule has 0 radical (unpaired) electrons. The molecule has 0 aromatic carbocycles. The van der Waals surface area contributed by atoms with Gasteiger partial charge >= 0.3 is 39.5 Å². The van der Waals surface area contributed by atoms with Gasteiger partial charge in [0, 0.05) is 25.7 Å². The quantitative estimate of drug-likeness (QED) is 0.0222. The first-order valence-corrected chi connectivity index (χ1v) is 40.3. The molecule has 91 heavy (non-hydrogen) atoms. The molecule has 0 aliphatic carbocycles. The minimum absolute atomic E-state index is 0.106. The minimum atomic E-state index is -4.95. The number of hydrogen-bond donors (Lipinski definition) is 3. The molecule has 0 aliphatic heterocycles. The zero-order chi connectivity index (χ0) is 67.3. The van der Waals surface area contributed by atoms with E-state index in [1.807, 2.05) is 0 Å². The normalized spacial score (nSPS) is 14.2. The summed E-state index contributed by atoms with van der Waals surface area (Å²) in [6.45, 7) is 11.8. The van der Waals surface area contributed by atoms with Gasteiger partial charge in [-0.25, -0.2) is 9.13 Å². The predicted octanol–water partition coefficient (Wildman–Crippen LogP) is 20.6. The van der Waals surface area contributed by atoms with Crippen LogP contribution in [0, 0.1) is 17.8 Å². The lowest BCUT2D eigenvalue weighted by atomic mass is 10.0. The van der Waals surface area contributed by atoms with Gasteiger partial charge in [-0.05, 0) is 43.4 Å². The highest BCUT2D eigenvalue weighted by atomic mass is 31.2. The van der Waals surface area contributed by atoms with Gasteiger partial charge < -0.3 is 33.8 Å². The summed E-state index contributed by atoms with van der Waals surface area (Å²) in [6.07, 6.45) is 47.2. The number of esters is 4. The van der Waals surface area contributed by atoms with Crippen LogP contribution < -0.4 is 0 Å². The van der Waals surface area contributed by atoms with Crippen LogP contribution in [0.15, 0.2) is 0 Å². The molecular formula is C72H140O17P2. The number of phosphoric acid groups is 2. The fraction of sp³-hybridized carbons (Fsp3) is 0.944. The fourth-order valence-electron chi connectivity index (χ4n) is 10.9. The molecule has 0 fully saturated rings. The van der Waals surface area contributed by atoms with Crippen LogP contribution in [-0.4, -0.2) is 96.7 Å². The Morgan fingerprint density at radius 1 is 0.297 bits per heavy atom. The summed E-state index contributed by atoms with van der Waals surface area (Å²) in [7, 11) is -9.90. The van der Waals surface area contributed by atoms with Gasteiger partial charge in [-0.15, -0.1) is 0 Å². The Balaban J connectivity index is 5.24. The van der Waals surface area contributed by atoms with Gasteiger partial charge in [0.2, 0.25) is 0 Å². The van der Waals surface area contributed by atoms with Gasteiger partial charge in [-0.1, -0.05) is 312 Å². The summed E-state index contributed by atoms with van der Waals surface area (Å²) in [4.78, 5) is 72.6. The summed E-state index contributed by atoms with van der Waals surface area (Å²) < 4.78 is 68.3. The van der Waals surface area contributed by atoms with E-state index in [2.05, 4.69) is 48.5 Å². The lowest BCUT2D eigenvalue weighted by Crippen LogP contribution is -2.30. The number of unbranched alkanes of at least 4 members (excludes halogenated alkanes) is 38. The molecule has 0 spiro atoms. The number of carbonyl (C=O) groups is 4. The van der Waals surface area contributed by atoms with Gasteiger partial charge in [0.15, 0.2) is 12.2 Å². The Morgan fingerprint density at radius 2 is 0.505 bits per heavy atom. The van der Waals surface area contributed by atoms with Crippen molar-refractivity contribution < 1.29 is 80.2 Å². The van der Waals surface area contributed by atoms with E-state index in [0.717, 1.165) is 108 Å². The maximum Gasteiger partial charge on any atom is 0.472 e. The molecule has 540 valence electrons. The Morgan fingerprint density at radius 3 is 0.747 bits per heavy atom. The van der Waals surface area contributed by atoms with Crippen LogP contribution in [0.1, 0.15) is 363 Å². The largest absolute Gasteiger partial charge is 0.472 e. The summed E-state index contributed by atoms with van der Waals surface area (Å²) in [5, 5.41) is 10.6. The summed E-state index contributed by atoms with van der Waals surface area (Å²) in [5.74, 6) is 0.136. The smallest absolute Gasteiger partial charge is 0.462 e. The van der Waals surface area contributed by atoms with E-state index in [1.54, 1.807) is 0 Å². The summed E-state index contributed by atoms with van der Waals surface area (Å²) in [5.41, 5.74) is 0. The lowest BCUT2D eigenvalue weighted by Gasteiger charge is -2.21. The monoisotopic (exact) mass is 1340 g/mol. The molecule has 0 aromatic rings. The SMILES string of the molecule is CCCCCCCCCCCCCC(=O)O[C@H](COC(=O)CCCCCCCCCC(C)C)COP(=O)(O)OC[C@H](O)COP(=O)(O)OC[C@@H](COC(=O)CCCCCCCCCCCCC(C)C)OC(=O)CCCCCCCCCCCCCCCCC(C)C. The molecule has 0 saturated carbocycles. The lowest BCUT2D eigenvalue weighted by molar-refractivity contribution is -0.161. The highest BCUT2D eigenvalue weighted by Gasteiger charge is 2.30. The van der Waals surface area contributed by atoms with Crippen LogP contribution in [0.4, 0.5) is 0 Å². The first kappa shape index (κ1) is 89.1. The second kappa shape index (κ2) is 62.8.